The standard InChI is InChI=1S/C15H21N5O3/c1-10-6-20(14(22)18-13(10)21)12-8-19(4-3-15(12,2)23)7-11-5-16-9-17-11/h5-6,9,12,23H,3-4,7-8H2,1-2H3,(H,16,17)(H,18,21,22)/t12-,15-/m1/s1. The van der Waals surface area contributed by atoms with Gasteiger partial charge in [-0.3, -0.25) is 19.2 Å². The second kappa shape index (κ2) is 5.78. The molecule has 0 radical (unpaired) electrons. The third kappa shape index (κ3) is 3.13. The molecule has 2 atom stereocenters. The number of H-pyrrole nitrogens is 2. The van der Waals surface area contributed by atoms with Crippen LogP contribution in [0.5, 0.6) is 0 Å². The van der Waals surface area contributed by atoms with E-state index in [-0.39, 0.29) is 0 Å². The number of nitrogens with one attached hydrogen (secondary N) is 2. The van der Waals surface area contributed by atoms with E-state index in [9.17, 15) is 14.7 Å². The molecule has 8 nitrogen and oxygen atoms in total. The van der Waals surface area contributed by atoms with E-state index >= 15 is 0 Å². The normalized spacial score (nSPS) is 25.6. The van der Waals surface area contributed by atoms with Crippen LogP contribution >= 0.6 is 0 Å². The molecule has 1 fully saturated rings. The summed E-state index contributed by atoms with van der Waals surface area (Å²) < 4.78 is 1.44. The van der Waals surface area contributed by atoms with Gasteiger partial charge in [-0.1, -0.05) is 0 Å². The SMILES string of the molecule is Cc1cn([C@@H]2CN(Cc3cnc[nH]3)CC[C@@]2(C)O)c(=O)[nH]c1=O. The van der Waals surface area contributed by atoms with Crippen molar-refractivity contribution in [1.82, 2.24) is 24.4 Å². The van der Waals surface area contributed by atoms with E-state index in [0.29, 0.717) is 25.1 Å². The summed E-state index contributed by atoms with van der Waals surface area (Å²) >= 11 is 0. The van der Waals surface area contributed by atoms with Gasteiger partial charge in [0.05, 0.1) is 18.0 Å². The quantitative estimate of drug-likeness (QED) is 0.724. The van der Waals surface area contributed by atoms with E-state index in [0.717, 1.165) is 12.2 Å². The first kappa shape index (κ1) is 15.7. The molecule has 0 bridgehead atoms. The predicted octanol–water partition coefficient (Wildman–Crippen LogP) is -0.234. The molecule has 3 heterocycles. The number of likely N-dealkylation sites (tertiary alicyclic amines) is 1. The van der Waals surface area contributed by atoms with Crippen LogP contribution < -0.4 is 11.2 Å². The second-order valence-electron chi connectivity index (χ2n) is 6.41. The molecule has 3 rings (SSSR count). The first-order valence-electron chi connectivity index (χ1n) is 7.61. The van der Waals surface area contributed by atoms with Crippen molar-refractivity contribution in [2.75, 3.05) is 13.1 Å². The van der Waals surface area contributed by atoms with Crippen LogP contribution in [-0.4, -0.2) is 48.2 Å². The molecule has 8 heteroatoms. The van der Waals surface area contributed by atoms with Gasteiger partial charge in [-0.2, -0.15) is 0 Å². The number of rotatable bonds is 3. The van der Waals surface area contributed by atoms with Gasteiger partial charge in [0.1, 0.15) is 0 Å². The number of imidazole rings is 1. The van der Waals surface area contributed by atoms with Gasteiger partial charge in [0.25, 0.3) is 5.56 Å². The van der Waals surface area contributed by atoms with Gasteiger partial charge >= 0.3 is 5.69 Å². The summed E-state index contributed by atoms with van der Waals surface area (Å²) in [6, 6.07) is -0.428. The summed E-state index contributed by atoms with van der Waals surface area (Å²) in [6.07, 6.45) is 5.46. The van der Waals surface area contributed by atoms with Crippen molar-refractivity contribution in [2.24, 2.45) is 0 Å². The molecule has 1 aliphatic heterocycles. The minimum Gasteiger partial charge on any atom is -0.388 e. The van der Waals surface area contributed by atoms with Gasteiger partial charge in [-0.25, -0.2) is 9.78 Å². The Labute approximate surface area is 132 Å². The fourth-order valence-corrected chi connectivity index (χ4v) is 3.04. The zero-order valence-corrected chi connectivity index (χ0v) is 13.2. The lowest BCUT2D eigenvalue weighted by atomic mass is 9.88. The van der Waals surface area contributed by atoms with Gasteiger partial charge in [0, 0.05) is 43.3 Å². The highest BCUT2D eigenvalue weighted by molar-refractivity contribution is 5.05. The van der Waals surface area contributed by atoms with E-state index in [4.69, 9.17) is 0 Å². The number of hydrogen-bond donors (Lipinski definition) is 3. The van der Waals surface area contributed by atoms with Crippen LogP contribution in [0.3, 0.4) is 0 Å². The fourth-order valence-electron chi connectivity index (χ4n) is 3.04. The Kier molecular flexibility index (Phi) is 3.95. The van der Waals surface area contributed by atoms with E-state index in [2.05, 4.69) is 19.9 Å². The van der Waals surface area contributed by atoms with Crippen LogP contribution in [0.4, 0.5) is 0 Å². The zero-order valence-electron chi connectivity index (χ0n) is 13.2. The average Bonchev–Trinajstić information content (AvgIpc) is 2.98. The van der Waals surface area contributed by atoms with Crippen molar-refractivity contribution >= 4 is 0 Å². The molecule has 1 saturated heterocycles. The Bertz CT molecular complexity index is 790. The molecule has 0 unspecified atom stereocenters. The Hall–Kier alpha value is -2.19. The lowest BCUT2D eigenvalue weighted by Gasteiger charge is -2.43. The van der Waals surface area contributed by atoms with Gasteiger partial charge < -0.3 is 10.1 Å². The Balaban J connectivity index is 1.90. The molecule has 2 aromatic rings. The van der Waals surface area contributed by atoms with Gasteiger partial charge in [-0.15, -0.1) is 0 Å². The largest absolute Gasteiger partial charge is 0.388 e. The zero-order chi connectivity index (χ0) is 16.6. The van der Waals surface area contributed by atoms with Crippen molar-refractivity contribution in [3.05, 3.63) is 50.8 Å². The number of hydrogen-bond acceptors (Lipinski definition) is 5. The van der Waals surface area contributed by atoms with Crippen molar-refractivity contribution in [3.63, 3.8) is 0 Å². The predicted molar refractivity (Wildman–Crippen MR) is 84.2 cm³/mol. The average molecular weight is 319 g/mol. The van der Waals surface area contributed by atoms with Crippen LogP contribution in [0.1, 0.15) is 30.6 Å². The van der Waals surface area contributed by atoms with Crippen LogP contribution in [0.2, 0.25) is 0 Å². The molecule has 0 aromatic carbocycles. The topological polar surface area (TPSA) is 107 Å². The number of aromatic amines is 2. The maximum Gasteiger partial charge on any atom is 0.328 e. The highest BCUT2D eigenvalue weighted by Crippen LogP contribution is 2.31. The number of nitrogens with zero attached hydrogens (tertiary/aromatic N) is 3. The second-order valence-corrected chi connectivity index (χ2v) is 6.41. The maximum atomic E-state index is 12.2. The maximum absolute atomic E-state index is 12.2. The number of aromatic nitrogens is 4. The highest BCUT2D eigenvalue weighted by atomic mass is 16.3. The fraction of sp³-hybridized carbons (Fsp3) is 0.533. The van der Waals surface area contributed by atoms with Crippen molar-refractivity contribution in [1.29, 1.82) is 0 Å². The smallest absolute Gasteiger partial charge is 0.328 e. The van der Waals surface area contributed by atoms with Crippen LogP contribution in [0, 0.1) is 6.92 Å². The van der Waals surface area contributed by atoms with Crippen molar-refractivity contribution in [2.45, 2.75) is 38.5 Å². The molecule has 1 aliphatic rings. The minimum atomic E-state index is -1.01. The Morgan fingerprint density at radius 1 is 1.48 bits per heavy atom. The number of piperidine rings is 1. The van der Waals surface area contributed by atoms with Crippen LogP contribution in [-0.2, 0) is 6.54 Å². The Morgan fingerprint density at radius 3 is 2.96 bits per heavy atom. The summed E-state index contributed by atoms with van der Waals surface area (Å²) in [5, 5.41) is 10.7. The summed E-state index contributed by atoms with van der Waals surface area (Å²) in [4.78, 5) is 35.2. The van der Waals surface area contributed by atoms with Gasteiger partial charge in [-0.05, 0) is 20.3 Å². The molecule has 0 spiro atoms. The summed E-state index contributed by atoms with van der Waals surface area (Å²) in [7, 11) is 0. The molecule has 0 amide bonds. The molecule has 23 heavy (non-hydrogen) atoms. The van der Waals surface area contributed by atoms with E-state index in [1.807, 2.05) is 0 Å². The van der Waals surface area contributed by atoms with Crippen LogP contribution in [0.15, 0.2) is 28.3 Å². The molecule has 0 saturated carbocycles. The number of aryl methyl sites for hydroxylation is 1. The lowest BCUT2D eigenvalue weighted by molar-refractivity contribution is -0.0545. The third-order valence-corrected chi connectivity index (χ3v) is 4.51. The van der Waals surface area contributed by atoms with Gasteiger partial charge in [0.2, 0.25) is 0 Å². The number of aliphatic hydroxyl groups is 1. The molecular weight excluding hydrogens is 298 g/mol. The van der Waals surface area contributed by atoms with Crippen LogP contribution in [0.25, 0.3) is 0 Å². The first-order chi connectivity index (χ1) is 10.9. The first-order valence-corrected chi connectivity index (χ1v) is 7.61. The molecular formula is C15H21N5O3. The molecule has 3 N–H and O–H groups in total. The van der Waals surface area contributed by atoms with E-state index < -0.39 is 22.9 Å². The molecule has 0 aliphatic carbocycles. The van der Waals surface area contributed by atoms with Crippen molar-refractivity contribution < 1.29 is 5.11 Å². The summed E-state index contributed by atoms with van der Waals surface area (Å²) in [5.41, 5.74) is -0.467. The summed E-state index contributed by atoms with van der Waals surface area (Å²) in [6.45, 7) is 5.29. The Morgan fingerprint density at radius 2 is 2.26 bits per heavy atom. The lowest BCUT2D eigenvalue weighted by Crippen LogP contribution is -2.53. The van der Waals surface area contributed by atoms with E-state index in [1.165, 1.54) is 10.8 Å². The monoisotopic (exact) mass is 319 g/mol. The van der Waals surface area contributed by atoms with Crippen molar-refractivity contribution in [3.8, 4) is 0 Å². The minimum absolute atomic E-state index is 0.393. The van der Waals surface area contributed by atoms with Gasteiger partial charge in [0.15, 0.2) is 0 Å². The summed E-state index contributed by atoms with van der Waals surface area (Å²) in [5.74, 6) is 0. The third-order valence-electron chi connectivity index (χ3n) is 4.51. The van der Waals surface area contributed by atoms with E-state index in [1.54, 1.807) is 26.4 Å². The highest BCUT2D eigenvalue weighted by Gasteiger charge is 2.39. The molecule has 2 aromatic heterocycles. The molecule has 124 valence electrons.